The summed E-state index contributed by atoms with van der Waals surface area (Å²) in [6, 6.07) is 35.6. The van der Waals surface area contributed by atoms with Crippen molar-refractivity contribution < 1.29 is 81.2 Å². The molecule has 416 valence electrons. The van der Waals surface area contributed by atoms with Crippen molar-refractivity contribution >= 4 is 40.9 Å². The summed E-state index contributed by atoms with van der Waals surface area (Å²) in [5.41, 5.74) is -4.57. The Morgan fingerprint density at radius 2 is 0.553 bits per heavy atom. The molecule has 6 aromatic carbocycles. The first-order valence-electron chi connectivity index (χ1n) is 22.5. The molecular formula is C53H53F13O6S4. The summed E-state index contributed by atoms with van der Waals surface area (Å²) < 4.78 is 236. The highest BCUT2D eigenvalue weighted by Crippen LogP contribution is 2.72. The molecule has 0 aliphatic heterocycles. The van der Waals surface area contributed by atoms with Crippen molar-refractivity contribution in [3.63, 3.8) is 0 Å². The van der Waals surface area contributed by atoms with Crippen LogP contribution in [0.4, 0.5) is 57.1 Å². The first-order chi connectivity index (χ1) is 34.5. The Bertz CT molecular complexity index is 2970. The van der Waals surface area contributed by atoms with Gasteiger partial charge in [0.15, 0.2) is 0 Å². The predicted molar refractivity (Wildman–Crippen MR) is 267 cm³/mol. The Hall–Kier alpha value is -5.07. The molecule has 0 unspecified atom stereocenters. The van der Waals surface area contributed by atoms with Crippen molar-refractivity contribution in [1.82, 2.24) is 0 Å². The van der Waals surface area contributed by atoms with Gasteiger partial charge in [-0.25, -0.2) is 3.63 Å². The lowest BCUT2D eigenvalue weighted by Crippen LogP contribution is -2.56. The lowest BCUT2D eigenvalue weighted by atomic mass is 9.87. The van der Waals surface area contributed by atoms with Gasteiger partial charge in [0.25, 0.3) is 0 Å². The fourth-order valence-corrected chi connectivity index (χ4v) is 17.1. The molecule has 0 aliphatic rings. The maximum atomic E-state index is 14.5. The van der Waals surface area contributed by atoms with Crippen LogP contribution in [0.25, 0.3) is 0 Å². The van der Waals surface area contributed by atoms with E-state index in [-0.39, 0.29) is 26.0 Å². The highest BCUT2D eigenvalue weighted by molar-refractivity contribution is 8.33. The Morgan fingerprint density at radius 3 is 0.776 bits per heavy atom. The summed E-state index contributed by atoms with van der Waals surface area (Å²) in [4.78, 5) is -0.0278. The van der Waals surface area contributed by atoms with Crippen LogP contribution in [0.1, 0.15) is 84.6 Å². The molecule has 23 heteroatoms. The molecule has 0 saturated carbocycles. The van der Waals surface area contributed by atoms with Crippen LogP contribution in [-0.4, -0.2) is 39.7 Å². The second kappa shape index (κ2) is 21.3. The third kappa shape index (κ3) is 12.6. The highest BCUT2D eigenvalue weighted by Gasteiger charge is 2.80. The minimum absolute atomic E-state index is 0.210. The fourth-order valence-electron chi connectivity index (χ4n) is 7.22. The second-order valence-electron chi connectivity index (χ2n) is 20.2. The number of hydrogen-bond acceptors (Lipinski definition) is 6. The van der Waals surface area contributed by atoms with Gasteiger partial charge in [0.1, 0.15) is 0 Å². The predicted octanol–water partition coefficient (Wildman–Crippen LogP) is 17.7. The summed E-state index contributed by atoms with van der Waals surface area (Å²) >= 11 is 0. The lowest BCUT2D eigenvalue weighted by molar-refractivity contribution is -0.333. The van der Waals surface area contributed by atoms with Crippen LogP contribution in [0.3, 0.4) is 0 Å². The molecule has 0 amide bonds. The molecule has 6 aromatic rings. The third-order valence-electron chi connectivity index (χ3n) is 11.5. The van der Waals surface area contributed by atoms with E-state index in [0.717, 1.165) is 41.0 Å². The van der Waals surface area contributed by atoms with E-state index in [9.17, 15) is 73.9 Å². The summed E-state index contributed by atoms with van der Waals surface area (Å²) in [5, 5.41) is -6.81. The number of halogens is 13. The molecule has 0 radical (unpaired) electrons. The van der Waals surface area contributed by atoms with E-state index in [1.807, 2.05) is 98.7 Å². The molecule has 0 spiro atoms. The molecule has 0 saturated heterocycles. The summed E-state index contributed by atoms with van der Waals surface area (Å²) in [7, 11) is -20.7. The molecule has 0 heterocycles. The monoisotopic (exact) mass is 1160 g/mol. The maximum Gasteiger partial charge on any atom is 0.524 e. The van der Waals surface area contributed by atoms with Gasteiger partial charge in [-0.3, -0.25) is 0 Å². The Kier molecular flexibility index (Phi) is 17.3. The Balaban J connectivity index is 0.000000281. The van der Waals surface area contributed by atoms with E-state index < -0.39 is 80.4 Å². The van der Waals surface area contributed by atoms with E-state index in [0.29, 0.717) is 39.0 Å². The van der Waals surface area contributed by atoms with E-state index in [1.165, 1.54) is 36.4 Å². The minimum Gasteiger partial charge on any atom is -0.202 e. The molecule has 0 fully saturated rings. The van der Waals surface area contributed by atoms with Crippen molar-refractivity contribution in [2.24, 2.45) is 0 Å². The van der Waals surface area contributed by atoms with E-state index >= 15 is 0 Å². The number of hydrogen-bond donors (Lipinski definition) is 0. The first-order valence-corrected chi connectivity index (χ1v) is 28.5. The summed E-state index contributed by atoms with van der Waals surface area (Å²) in [5.74, 6) is -7.07. The molecule has 76 heavy (non-hydrogen) atoms. The fraction of sp³-hybridized carbons (Fsp3) is 0.321. The van der Waals surface area contributed by atoms with Crippen molar-refractivity contribution in [3.8, 4) is 0 Å². The van der Waals surface area contributed by atoms with Gasteiger partial charge in [0, 0.05) is 29.4 Å². The highest BCUT2D eigenvalue weighted by atomic mass is 32.3. The van der Waals surface area contributed by atoms with Crippen LogP contribution < -0.4 is 0 Å². The van der Waals surface area contributed by atoms with Crippen LogP contribution in [-0.2, 0) is 49.9 Å². The van der Waals surface area contributed by atoms with Crippen LogP contribution in [0.5, 0.6) is 0 Å². The zero-order chi connectivity index (χ0) is 57.6. The van der Waals surface area contributed by atoms with Crippen molar-refractivity contribution in [3.05, 3.63) is 180 Å². The normalized spacial score (nSPS) is 14.4. The van der Waals surface area contributed by atoms with Gasteiger partial charge >= 0.3 is 49.3 Å². The SMILES string of the molecule is CC(C)(C)c1ccc(S(OS(=O)(=O)C(F)(F)F)(c2ccc(C(C)(C)C)cc2)c2ccc(C(C)(C)C)cc2)cc1.O=S(=O)(OS(c1ccccc1)(c1ccccc1)c1ccc(C(F)(F)F)cc1)C(F)(F)C(F)(F)C(F)(F)F. The average Bonchev–Trinajstić information content (AvgIpc) is 3.31. The molecule has 6 rings (SSSR count). The van der Waals surface area contributed by atoms with Gasteiger partial charge in [0.2, 0.25) is 0 Å². The van der Waals surface area contributed by atoms with Crippen molar-refractivity contribution in [1.29, 1.82) is 0 Å². The zero-order valence-electron chi connectivity index (χ0n) is 42.0. The molecule has 6 nitrogen and oxygen atoms in total. The summed E-state index contributed by atoms with van der Waals surface area (Å²) in [6.45, 7) is 18.3. The van der Waals surface area contributed by atoms with Gasteiger partial charge in [-0.1, -0.05) is 135 Å². The maximum absolute atomic E-state index is 14.5. The summed E-state index contributed by atoms with van der Waals surface area (Å²) in [6.07, 6.45) is -11.9. The lowest BCUT2D eigenvalue weighted by Gasteiger charge is -2.40. The number of benzene rings is 6. The Labute approximate surface area is 437 Å². The number of rotatable bonds is 12. The van der Waals surface area contributed by atoms with Gasteiger partial charge in [0.05, 0.1) is 5.56 Å². The van der Waals surface area contributed by atoms with Crippen LogP contribution >= 0.6 is 20.6 Å². The second-order valence-corrected chi connectivity index (χ2v) is 29.1. The molecule has 0 N–H and O–H groups in total. The average molecular weight is 1160 g/mol. The smallest absolute Gasteiger partial charge is 0.202 e. The topological polar surface area (TPSA) is 86.7 Å². The van der Waals surface area contributed by atoms with E-state index in [2.05, 4.69) is 0 Å². The van der Waals surface area contributed by atoms with Gasteiger partial charge in [-0.2, -0.15) is 77.5 Å². The largest absolute Gasteiger partial charge is 0.524 e. The molecule has 0 bridgehead atoms. The van der Waals surface area contributed by atoms with Crippen LogP contribution in [0.2, 0.25) is 0 Å². The van der Waals surface area contributed by atoms with Crippen LogP contribution in [0, 0.1) is 0 Å². The van der Waals surface area contributed by atoms with E-state index in [1.54, 1.807) is 36.4 Å². The zero-order valence-corrected chi connectivity index (χ0v) is 45.3. The molecular weight excluding hydrogens is 1110 g/mol. The molecule has 0 atom stereocenters. The first kappa shape index (κ1) is 61.8. The van der Waals surface area contributed by atoms with Crippen molar-refractivity contribution in [2.45, 2.75) is 137 Å². The Morgan fingerprint density at radius 1 is 0.316 bits per heavy atom. The molecule has 0 aromatic heterocycles. The standard InChI is InChI=1S/C31H39F3O3S2.C22H14F10O3S2/c1-28(2,3)22-10-16-25(17-11-22)38(37-39(35,36)31(32,33)34,26-18-12-23(13-19-26)29(4,5)6)27-20-14-24(15-21-27)30(7,8)9;23-19(24,25)15-11-13-18(14-12-15)36(16-7-3-1-4-8-16,17-9-5-2-6-10-17)35-37(33,34)22(31,32)20(26,27)21(28,29)30/h10-21H,1-9H3;1-14H. The third-order valence-corrected chi connectivity index (χ3v) is 21.7. The van der Waals surface area contributed by atoms with Gasteiger partial charge in [-0.15, -0.1) is 0 Å². The van der Waals surface area contributed by atoms with Crippen molar-refractivity contribution in [2.75, 3.05) is 0 Å². The van der Waals surface area contributed by atoms with Gasteiger partial charge < -0.3 is 0 Å². The quantitative estimate of drug-likeness (QED) is 0.0896. The molecule has 0 aliphatic carbocycles. The minimum atomic E-state index is -7.13. The van der Waals surface area contributed by atoms with Crippen LogP contribution in [0.15, 0.2) is 187 Å². The van der Waals surface area contributed by atoms with E-state index in [4.69, 9.17) is 7.26 Å². The van der Waals surface area contributed by atoms with Gasteiger partial charge in [-0.05, 0) is 138 Å². The number of alkyl halides is 13.